The van der Waals surface area contributed by atoms with Crippen LogP contribution in [0.15, 0.2) is 24.3 Å². The maximum Gasteiger partial charge on any atom is 0.227 e. The van der Waals surface area contributed by atoms with Gasteiger partial charge in [0.2, 0.25) is 5.91 Å². The summed E-state index contributed by atoms with van der Waals surface area (Å²) in [6, 6.07) is 9.71. The summed E-state index contributed by atoms with van der Waals surface area (Å²) in [5.41, 5.74) is 1.61. The highest BCUT2D eigenvalue weighted by Crippen LogP contribution is 2.19. The molecule has 20 heavy (non-hydrogen) atoms. The van der Waals surface area contributed by atoms with Crippen molar-refractivity contribution < 1.29 is 4.79 Å². The smallest absolute Gasteiger partial charge is 0.227 e. The van der Waals surface area contributed by atoms with E-state index in [0.717, 1.165) is 31.5 Å². The first-order chi connectivity index (χ1) is 9.60. The minimum absolute atomic E-state index is 0.194. The van der Waals surface area contributed by atoms with Crippen molar-refractivity contribution in [2.45, 2.75) is 25.3 Å². The standard InChI is InChI=1S/C16H21N3O/c1-18(2)12-15-4-3-9-19(15)16(20)10-13-5-7-14(11-17)8-6-13/h5-8,15H,3-4,9-10,12H2,1-2H3. The summed E-state index contributed by atoms with van der Waals surface area (Å²) in [5, 5.41) is 8.77. The van der Waals surface area contributed by atoms with Crippen LogP contribution in [0.5, 0.6) is 0 Å². The Labute approximate surface area is 120 Å². The van der Waals surface area contributed by atoms with E-state index in [1.54, 1.807) is 12.1 Å². The Morgan fingerprint density at radius 3 is 2.70 bits per heavy atom. The SMILES string of the molecule is CN(C)CC1CCCN1C(=O)Cc1ccc(C#N)cc1. The zero-order chi connectivity index (χ0) is 14.5. The molecule has 1 heterocycles. The molecular weight excluding hydrogens is 250 g/mol. The molecule has 0 radical (unpaired) electrons. The van der Waals surface area contributed by atoms with Crippen LogP contribution in [0.3, 0.4) is 0 Å². The fraction of sp³-hybridized carbons (Fsp3) is 0.500. The molecule has 1 saturated heterocycles. The molecule has 1 aromatic carbocycles. The van der Waals surface area contributed by atoms with Gasteiger partial charge in [0, 0.05) is 19.1 Å². The van der Waals surface area contributed by atoms with Crippen LogP contribution in [-0.4, -0.2) is 48.9 Å². The van der Waals surface area contributed by atoms with E-state index in [4.69, 9.17) is 5.26 Å². The van der Waals surface area contributed by atoms with Crippen molar-refractivity contribution in [1.82, 2.24) is 9.80 Å². The average Bonchev–Trinajstić information content (AvgIpc) is 2.87. The fourth-order valence-electron chi connectivity index (χ4n) is 2.75. The Morgan fingerprint density at radius 1 is 1.40 bits per heavy atom. The lowest BCUT2D eigenvalue weighted by Crippen LogP contribution is -2.42. The number of amides is 1. The summed E-state index contributed by atoms with van der Waals surface area (Å²) in [5.74, 6) is 0.194. The molecule has 0 aromatic heterocycles. The normalized spacial score (nSPS) is 18.3. The second-order valence-corrected chi connectivity index (χ2v) is 5.63. The van der Waals surface area contributed by atoms with Gasteiger partial charge >= 0.3 is 0 Å². The average molecular weight is 271 g/mol. The Balaban J connectivity index is 1.98. The molecule has 1 amide bonds. The maximum atomic E-state index is 12.4. The maximum absolute atomic E-state index is 12.4. The molecule has 4 nitrogen and oxygen atoms in total. The van der Waals surface area contributed by atoms with Crippen molar-refractivity contribution in [3.8, 4) is 6.07 Å². The van der Waals surface area contributed by atoms with E-state index in [9.17, 15) is 4.79 Å². The molecule has 4 heteroatoms. The molecule has 0 aliphatic carbocycles. The van der Waals surface area contributed by atoms with Crippen molar-refractivity contribution in [2.75, 3.05) is 27.2 Å². The quantitative estimate of drug-likeness (QED) is 0.836. The van der Waals surface area contributed by atoms with Crippen molar-refractivity contribution in [3.05, 3.63) is 35.4 Å². The lowest BCUT2D eigenvalue weighted by molar-refractivity contribution is -0.131. The summed E-state index contributed by atoms with van der Waals surface area (Å²) in [6.07, 6.45) is 2.62. The van der Waals surface area contributed by atoms with Crippen molar-refractivity contribution in [2.24, 2.45) is 0 Å². The summed E-state index contributed by atoms with van der Waals surface area (Å²) >= 11 is 0. The molecule has 2 rings (SSSR count). The molecule has 1 aliphatic rings. The highest BCUT2D eigenvalue weighted by atomic mass is 16.2. The van der Waals surface area contributed by atoms with Gasteiger partial charge in [-0.15, -0.1) is 0 Å². The monoisotopic (exact) mass is 271 g/mol. The number of carbonyl (C=O) groups is 1. The number of hydrogen-bond donors (Lipinski definition) is 0. The number of hydrogen-bond acceptors (Lipinski definition) is 3. The number of likely N-dealkylation sites (N-methyl/N-ethyl adjacent to an activating group) is 1. The lowest BCUT2D eigenvalue weighted by atomic mass is 10.1. The highest BCUT2D eigenvalue weighted by molar-refractivity contribution is 5.79. The van der Waals surface area contributed by atoms with Crippen LogP contribution in [0, 0.1) is 11.3 Å². The molecular formula is C16H21N3O. The highest BCUT2D eigenvalue weighted by Gasteiger charge is 2.28. The Hall–Kier alpha value is -1.86. The van der Waals surface area contributed by atoms with Gasteiger partial charge in [-0.25, -0.2) is 0 Å². The van der Waals surface area contributed by atoms with Crippen LogP contribution < -0.4 is 0 Å². The van der Waals surface area contributed by atoms with Gasteiger partial charge in [-0.1, -0.05) is 12.1 Å². The van der Waals surface area contributed by atoms with Gasteiger partial charge in [-0.3, -0.25) is 4.79 Å². The minimum Gasteiger partial charge on any atom is -0.338 e. The number of carbonyl (C=O) groups excluding carboxylic acids is 1. The third kappa shape index (κ3) is 3.58. The summed E-state index contributed by atoms with van der Waals surface area (Å²) in [4.78, 5) is 16.6. The molecule has 1 atom stereocenters. The zero-order valence-corrected chi connectivity index (χ0v) is 12.2. The van der Waals surface area contributed by atoms with E-state index in [0.29, 0.717) is 18.0 Å². The van der Waals surface area contributed by atoms with Crippen molar-refractivity contribution in [3.63, 3.8) is 0 Å². The van der Waals surface area contributed by atoms with Gasteiger partial charge in [0.1, 0.15) is 0 Å². The predicted molar refractivity (Wildman–Crippen MR) is 78.2 cm³/mol. The minimum atomic E-state index is 0.194. The van der Waals surface area contributed by atoms with Crippen LogP contribution in [-0.2, 0) is 11.2 Å². The Morgan fingerprint density at radius 2 is 2.10 bits per heavy atom. The molecule has 0 bridgehead atoms. The number of benzene rings is 1. The van der Waals surface area contributed by atoms with Gasteiger partial charge in [-0.2, -0.15) is 5.26 Å². The number of nitrogens with zero attached hydrogens (tertiary/aromatic N) is 3. The third-order valence-electron chi connectivity index (χ3n) is 3.71. The van der Waals surface area contributed by atoms with Crippen LogP contribution >= 0.6 is 0 Å². The van der Waals surface area contributed by atoms with Crippen LogP contribution in [0.1, 0.15) is 24.0 Å². The van der Waals surface area contributed by atoms with Crippen molar-refractivity contribution in [1.29, 1.82) is 5.26 Å². The van der Waals surface area contributed by atoms with E-state index >= 15 is 0 Å². The van der Waals surface area contributed by atoms with E-state index in [-0.39, 0.29) is 5.91 Å². The molecule has 0 N–H and O–H groups in total. The van der Waals surface area contributed by atoms with Crippen LogP contribution in [0.2, 0.25) is 0 Å². The molecule has 1 fully saturated rings. The predicted octanol–water partition coefficient (Wildman–Crippen LogP) is 1.65. The Kier molecular flexibility index (Phi) is 4.75. The van der Waals surface area contributed by atoms with Gasteiger partial charge in [0.25, 0.3) is 0 Å². The van der Waals surface area contributed by atoms with Gasteiger partial charge < -0.3 is 9.80 Å². The first-order valence-corrected chi connectivity index (χ1v) is 7.03. The third-order valence-corrected chi connectivity index (χ3v) is 3.71. The first-order valence-electron chi connectivity index (χ1n) is 7.03. The molecule has 1 aliphatic heterocycles. The molecule has 1 unspecified atom stereocenters. The van der Waals surface area contributed by atoms with Gasteiger partial charge in [0.05, 0.1) is 18.1 Å². The summed E-state index contributed by atoms with van der Waals surface area (Å²) < 4.78 is 0. The summed E-state index contributed by atoms with van der Waals surface area (Å²) in [6.45, 7) is 1.80. The van der Waals surface area contributed by atoms with Crippen molar-refractivity contribution >= 4 is 5.91 Å². The van der Waals surface area contributed by atoms with Gasteiger partial charge in [0.15, 0.2) is 0 Å². The molecule has 0 saturated carbocycles. The Bertz CT molecular complexity index is 501. The summed E-state index contributed by atoms with van der Waals surface area (Å²) in [7, 11) is 4.09. The molecule has 1 aromatic rings. The zero-order valence-electron chi connectivity index (χ0n) is 12.2. The fourth-order valence-corrected chi connectivity index (χ4v) is 2.75. The first kappa shape index (κ1) is 14.5. The number of rotatable bonds is 4. The van der Waals surface area contributed by atoms with Gasteiger partial charge in [-0.05, 0) is 44.6 Å². The lowest BCUT2D eigenvalue weighted by Gasteiger charge is -2.27. The molecule has 0 spiro atoms. The second kappa shape index (κ2) is 6.53. The van der Waals surface area contributed by atoms with Crippen LogP contribution in [0.25, 0.3) is 0 Å². The van der Waals surface area contributed by atoms with Crippen LogP contribution in [0.4, 0.5) is 0 Å². The number of likely N-dealkylation sites (tertiary alicyclic amines) is 1. The topological polar surface area (TPSA) is 47.3 Å². The number of nitriles is 1. The second-order valence-electron chi connectivity index (χ2n) is 5.63. The van der Waals surface area contributed by atoms with E-state index in [1.807, 2.05) is 31.1 Å². The van der Waals surface area contributed by atoms with E-state index in [2.05, 4.69) is 11.0 Å². The van der Waals surface area contributed by atoms with E-state index < -0.39 is 0 Å². The molecule has 106 valence electrons. The van der Waals surface area contributed by atoms with E-state index in [1.165, 1.54) is 0 Å². The largest absolute Gasteiger partial charge is 0.338 e.